The molecule has 1 aromatic carbocycles. The maximum Gasteiger partial charge on any atom is 0.117 e. The molecule has 0 saturated heterocycles. The van der Waals surface area contributed by atoms with Gasteiger partial charge in [-0.3, -0.25) is 0 Å². The predicted octanol–water partition coefficient (Wildman–Crippen LogP) is 2.68. The SMILES string of the molecule is Nc1c(CF)cc(CF)cc1CF. The molecule has 1 nitrogen and oxygen atoms in total. The highest BCUT2D eigenvalue weighted by Gasteiger charge is 2.07. The molecule has 0 amide bonds. The molecule has 0 aliphatic carbocycles. The summed E-state index contributed by atoms with van der Waals surface area (Å²) in [5.74, 6) is 0. The van der Waals surface area contributed by atoms with Crippen LogP contribution in [0.4, 0.5) is 18.9 Å². The Morgan fingerprint density at radius 3 is 1.69 bits per heavy atom. The third-order valence-corrected chi connectivity index (χ3v) is 1.85. The van der Waals surface area contributed by atoms with Crippen LogP contribution < -0.4 is 5.73 Å². The molecule has 0 aliphatic heterocycles. The van der Waals surface area contributed by atoms with Crippen LogP contribution in [-0.2, 0) is 20.0 Å². The Hall–Kier alpha value is -1.19. The summed E-state index contributed by atoms with van der Waals surface area (Å²) in [6, 6.07) is 2.63. The van der Waals surface area contributed by atoms with Gasteiger partial charge in [0.15, 0.2) is 0 Å². The lowest BCUT2D eigenvalue weighted by Gasteiger charge is -2.08. The zero-order valence-corrected chi connectivity index (χ0v) is 6.99. The number of benzene rings is 1. The highest BCUT2D eigenvalue weighted by molar-refractivity contribution is 5.55. The molecular formula is C9H10F3N. The molecule has 72 valence electrons. The fourth-order valence-corrected chi connectivity index (χ4v) is 1.15. The number of anilines is 1. The van der Waals surface area contributed by atoms with Crippen LogP contribution in [0.5, 0.6) is 0 Å². The molecular weight excluding hydrogens is 179 g/mol. The zero-order valence-electron chi connectivity index (χ0n) is 6.99. The quantitative estimate of drug-likeness (QED) is 0.727. The number of alkyl halides is 3. The van der Waals surface area contributed by atoms with Crippen molar-refractivity contribution in [1.29, 1.82) is 0 Å². The monoisotopic (exact) mass is 189 g/mol. The van der Waals surface area contributed by atoms with Gasteiger partial charge in [-0.05, 0) is 17.7 Å². The van der Waals surface area contributed by atoms with E-state index in [9.17, 15) is 13.2 Å². The van der Waals surface area contributed by atoms with Crippen molar-refractivity contribution in [2.24, 2.45) is 0 Å². The van der Waals surface area contributed by atoms with Gasteiger partial charge < -0.3 is 5.73 Å². The summed E-state index contributed by atoms with van der Waals surface area (Å²) in [7, 11) is 0. The number of hydrogen-bond donors (Lipinski definition) is 1. The standard InChI is InChI=1S/C9H10F3N/c10-3-6-1-7(4-11)9(13)8(2-6)5-12/h1-2H,3-5,13H2. The Morgan fingerprint density at radius 2 is 1.38 bits per heavy atom. The Labute approximate surface area is 74.4 Å². The summed E-state index contributed by atoms with van der Waals surface area (Å²) in [5, 5.41) is 0. The van der Waals surface area contributed by atoms with E-state index in [1.807, 2.05) is 0 Å². The molecule has 0 fully saturated rings. The summed E-state index contributed by atoms with van der Waals surface area (Å²) in [6.45, 7) is -2.33. The van der Waals surface area contributed by atoms with Crippen molar-refractivity contribution in [3.63, 3.8) is 0 Å². The molecule has 0 aliphatic rings. The minimum atomic E-state index is -0.799. The first-order valence-corrected chi connectivity index (χ1v) is 3.81. The van der Waals surface area contributed by atoms with Crippen LogP contribution in [0.1, 0.15) is 16.7 Å². The summed E-state index contributed by atoms with van der Waals surface area (Å²) >= 11 is 0. The lowest BCUT2D eigenvalue weighted by molar-refractivity contribution is 0.466. The number of nitrogens with two attached hydrogens (primary N) is 1. The average Bonchev–Trinajstić information content (AvgIpc) is 2.18. The number of hydrogen-bond acceptors (Lipinski definition) is 1. The molecule has 0 spiro atoms. The Balaban J connectivity index is 3.20. The van der Waals surface area contributed by atoms with E-state index in [0.29, 0.717) is 0 Å². The normalized spacial score (nSPS) is 10.4. The predicted molar refractivity (Wildman–Crippen MR) is 45.3 cm³/mol. The van der Waals surface area contributed by atoms with E-state index >= 15 is 0 Å². The number of rotatable bonds is 3. The van der Waals surface area contributed by atoms with E-state index in [2.05, 4.69) is 0 Å². The molecule has 4 heteroatoms. The third-order valence-electron chi connectivity index (χ3n) is 1.85. The van der Waals surface area contributed by atoms with E-state index in [1.54, 1.807) is 0 Å². The van der Waals surface area contributed by atoms with Crippen molar-refractivity contribution in [3.8, 4) is 0 Å². The molecule has 0 unspecified atom stereocenters. The second-order valence-corrected chi connectivity index (χ2v) is 2.73. The fourth-order valence-electron chi connectivity index (χ4n) is 1.15. The largest absolute Gasteiger partial charge is 0.398 e. The van der Waals surface area contributed by atoms with Gasteiger partial charge >= 0.3 is 0 Å². The molecule has 2 N–H and O–H groups in total. The maximum atomic E-state index is 12.3. The van der Waals surface area contributed by atoms with Gasteiger partial charge in [0.05, 0.1) is 0 Å². The molecule has 13 heavy (non-hydrogen) atoms. The van der Waals surface area contributed by atoms with Gasteiger partial charge in [0.25, 0.3) is 0 Å². The summed E-state index contributed by atoms with van der Waals surface area (Å²) < 4.78 is 36.8. The van der Waals surface area contributed by atoms with E-state index < -0.39 is 20.0 Å². The Kier molecular flexibility index (Phi) is 3.17. The molecule has 0 radical (unpaired) electrons. The van der Waals surface area contributed by atoms with Crippen LogP contribution in [0.2, 0.25) is 0 Å². The Morgan fingerprint density at radius 1 is 0.923 bits per heavy atom. The van der Waals surface area contributed by atoms with Gasteiger partial charge in [0, 0.05) is 16.8 Å². The minimum Gasteiger partial charge on any atom is -0.398 e. The van der Waals surface area contributed by atoms with Gasteiger partial charge in [-0.2, -0.15) is 0 Å². The first-order valence-electron chi connectivity index (χ1n) is 3.81. The van der Waals surface area contributed by atoms with Gasteiger partial charge in [-0.25, -0.2) is 13.2 Å². The van der Waals surface area contributed by atoms with Crippen LogP contribution in [0.25, 0.3) is 0 Å². The molecule has 0 bridgehead atoms. The topological polar surface area (TPSA) is 26.0 Å². The van der Waals surface area contributed by atoms with Crippen LogP contribution in [0, 0.1) is 0 Å². The van der Waals surface area contributed by atoms with Gasteiger partial charge in [0.2, 0.25) is 0 Å². The van der Waals surface area contributed by atoms with Crippen LogP contribution in [-0.4, -0.2) is 0 Å². The smallest absolute Gasteiger partial charge is 0.117 e. The summed E-state index contributed by atoms with van der Waals surface area (Å²) in [6.07, 6.45) is 0. The molecule has 1 rings (SSSR count). The maximum absolute atomic E-state index is 12.3. The average molecular weight is 189 g/mol. The van der Waals surface area contributed by atoms with Gasteiger partial charge in [-0.1, -0.05) is 0 Å². The Bertz CT molecular complexity index is 274. The van der Waals surface area contributed by atoms with E-state index in [1.165, 1.54) is 12.1 Å². The van der Waals surface area contributed by atoms with Gasteiger partial charge in [0.1, 0.15) is 20.0 Å². The molecule has 0 aromatic heterocycles. The van der Waals surface area contributed by atoms with Crippen molar-refractivity contribution in [1.82, 2.24) is 0 Å². The second kappa shape index (κ2) is 4.16. The molecule has 0 heterocycles. The first-order chi connectivity index (χ1) is 6.22. The number of halogens is 3. The van der Waals surface area contributed by atoms with Gasteiger partial charge in [-0.15, -0.1) is 0 Å². The minimum absolute atomic E-state index is 0.0854. The molecule has 0 atom stereocenters. The summed E-state index contributed by atoms with van der Waals surface area (Å²) in [5.41, 5.74) is 6.08. The second-order valence-electron chi connectivity index (χ2n) is 2.73. The van der Waals surface area contributed by atoms with Crippen LogP contribution in [0.15, 0.2) is 12.1 Å². The lowest BCUT2D eigenvalue weighted by Crippen LogP contribution is -1.99. The third kappa shape index (κ3) is 1.94. The van der Waals surface area contributed by atoms with Crippen molar-refractivity contribution >= 4 is 5.69 Å². The van der Waals surface area contributed by atoms with Crippen LogP contribution >= 0.6 is 0 Å². The zero-order chi connectivity index (χ0) is 9.84. The molecule has 0 saturated carbocycles. The van der Waals surface area contributed by atoms with E-state index in [-0.39, 0.29) is 22.4 Å². The van der Waals surface area contributed by atoms with E-state index in [0.717, 1.165) is 0 Å². The van der Waals surface area contributed by atoms with Crippen molar-refractivity contribution in [3.05, 3.63) is 28.8 Å². The molecule has 1 aromatic rings. The summed E-state index contributed by atoms with van der Waals surface area (Å²) in [4.78, 5) is 0. The van der Waals surface area contributed by atoms with Crippen molar-refractivity contribution < 1.29 is 13.2 Å². The first kappa shape index (κ1) is 9.89. The lowest BCUT2D eigenvalue weighted by atomic mass is 10.0. The fraction of sp³-hybridized carbons (Fsp3) is 0.333. The highest BCUT2D eigenvalue weighted by Crippen LogP contribution is 2.22. The van der Waals surface area contributed by atoms with Crippen LogP contribution in [0.3, 0.4) is 0 Å². The number of nitrogen functional groups attached to an aromatic ring is 1. The van der Waals surface area contributed by atoms with Crippen molar-refractivity contribution in [2.45, 2.75) is 20.0 Å². The van der Waals surface area contributed by atoms with Crippen molar-refractivity contribution in [2.75, 3.05) is 5.73 Å². The van der Waals surface area contributed by atoms with E-state index in [4.69, 9.17) is 5.73 Å². The highest BCUT2D eigenvalue weighted by atomic mass is 19.1.